The summed E-state index contributed by atoms with van der Waals surface area (Å²) in [6.07, 6.45) is -4.81. The first-order valence-corrected chi connectivity index (χ1v) is 28.3. The van der Waals surface area contributed by atoms with Crippen molar-refractivity contribution in [1.29, 1.82) is 5.26 Å². The number of fused-ring (bicyclic) bond motifs is 6. The van der Waals surface area contributed by atoms with Crippen molar-refractivity contribution in [2.24, 2.45) is 0 Å². The number of hydrogen-bond donors (Lipinski definition) is 0. The van der Waals surface area contributed by atoms with Gasteiger partial charge in [0.25, 0.3) is 0 Å². The topological polar surface area (TPSA) is 72.3 Å². The molecule has 15 rings (SSSR count). The van der Waals surface area contributed by atoms with Crippen molar-refractivity contribution >= 4 is 43.6 Å². The Bertz CT molecular complexity index is 4950. The van der Waals surface area contributed by atoms with Crippen LogP contribution in [0.3, 0.4) is 0 Å². The molecule has 406 valence electrons. The Labute approximate surface area is 493 Å². The Morgan fingerprint density at radius 2 is 0.616 bits per heavy atom. The van der Waals surface area contributed by atoms with Gasteiger partial charge < -0.3 is 9.13 Å². The molecule has 6 nitrogen and oxygen atoms in total. The van der Waals surface area contributed by atoms with Crippen LogP contribution in [0.2, 0.25) is 0 Å². The van der Waals surface area contributed by atoms with Crippen molar-refractivity contribution in [2.45, 2.75) is 6.18 Å². The van der Waals surface area contributed by atoms with Gasteiger partial charge in [0.15, 0.2) is 17.5 Å². The highest BCUT2D eigenvalue weighted by Crippen LogP contribution is 2.45. The minimum atomic E-state index is -4.81. The van der Waals surface area contributed by atoms with E-state index in [-0.39, 0.29) is 28.7 Å². The van der Waals surface area contributed by atoms with E-state index in [0.29, 0.717) is 33.3 Å². The number of alkyl halides is 3. The predicted molar refractivity (Wildman–Crippen MR) is 342 cm³/mol. The molecule has 0 bridgehead atoms. The average Bonchev–Trinajstić information content (AvgIpc) is 1.64. The van der Waals surface area contributed by atoms with E-state index < -0.39 is 11.7 Å². The normalized spacial score (nSPS) is 11.7. The third kappa shape index (κ3) is 9.14. The summed E-state index contributed by atoms with van der Waals surface area (Å²) in [6, 6.07) is 95.2. The Kier molecular flexibility index (Phi) is 12.6. The van der Waals surface area contributed by atoms with Gasteiger partial charge in [-0.3, -0.25) is 0 Å². The molecule has 0 radical (unpaired) electrons. The van der Waals surface area contributed by atoms with Gasteiger partial charge in [-0.2, -0.15) is 18.4 Å². The Balaban J connectivity index is 0.919. The smallest absolute Gasteiger partial charge is 0.309 e. The number of benzene rings is 12. The number of rotatable bonds is 10. The van der Waals surface area contributed by atoms with Crippen LogP contribution in [-0.2, 0) is 6.18 Å². The maximum atomic E-state index is 16.1. The van der Waals surface area contributed by atoms with Gasteiger partial charge in [-0.05, 0) is 136 Å². The van der Waals surface area contributed by atoms with Crippen LogP contribution in [0.4, 0.5) is 13.2 Å². The molecule has 0 aliphatic carbocycles. The Morgan fingerprint density at radius 3 is 1.01 bits per heavy atom. The molecule has 0 amide bonds. The maximum absolute atomic E-state index is 16.1. The zero-order chi connectivity index (χ0) is 57.9. The van der Waals surface area contributed by atoms with Gasteiger partial charge in [0.2, 0.25) is 0 Å². The lowest BCUT2D eigenvalue weighted by Crippen LogP contribution is -2.11. The summed E-state index contributed by atoms with van der Waals surface area (Å²) in [5.74, 6) is 0.576. The van der Waals surface area contributed by atoms with Crippen LogP contribution in [-0.4, -0.2) is 24.1 Å². The second kappa shape index (κ2) is 21.1. The van der Waals surface area contributed by atoms with Crippen molar-refractivity contribution in [3.05, 3.63) is 296 Å². The van der Waals surface area contributed by atoms with Crippen molar-refractivity contribution in [3.8, 4) is 107 Å². The van der Waals surface area contributed by atoms with Crippen LogP contribution in [0, 0.1) is 11.3 Å². The summed E-state index contributed by atoms with van der Waals surface area (Å²) < 4.78 is 52.3. The van der Waals surface area contributed by atoms with Crippen LogP contribution in [0.25, 0.3) is 145 Å². The molecular weight excluding hydrogens is 1070 g/mol. The molecule has 3 heterocycles. The van der Waals surface area contributed by atoms with E-state index >= 15 is 13.2 Å². The SMILES string of the molecule is N#Cc1ccccc1-c1cc(-c2nc(-c3ccccc3)nc(-c3ccc(-n4c5ccc(-c6ccccc6)cc5c5cc(-c6ccccc6)ccc54)c(C(F)(F)F)c3)n2)ccc1-n1c2ccc(-c3ccccc3)cc2c2cc(-c3ccccc3)ccc21. The van der Waals surface area contributed by atoms with Crippen molar-refractivity contribution in [1.82, 2.24) is 24.1 Å². The van der Waals surface area contributed by atoms with Gasteiger partial charge in [0, 0.05) is 49.4 Å². The maximum Gasteiger partial charge on any atom is 0.418 e. The standard InChI is InChI=1S/C77H47F3N6/c78-77(79,80)67-47-59(35-41-73(67)86-71-38-32-56(51-22-10-3-11-23-51)44-65(71)66-45-57(33-39-72(66)86)52-24-12-4-13-25-52)76-83-74(53-26-14-5-15-27-53)82-75(84-76)58-34-40-68(62(46-58)61-29-17-16-28-60(61)48-81)85-69-36-30-54(49-18-6-1-7-19-49)42-63(69)64-43-55(31-37-70(64)85)50-20-8-2-9-21-50/h1-47H. The lowest BCUT2D eigenvalue weighted by molar-refractivity contribution is -0.137. The van der Waals surface area contributed by atoms with Gasteiger partial charge in [-0.1, -0.05) is 194 Å². The molecule has 0 aliphatic heterocycles. The molecule has 3 aromatic heterocycles. The van der Waals surface area contributed by atoms with E-state index in [9.17, 15) is 5.26 Å². The third-order valence-electron chi connectivity index (χ3n) is 16.3. The zero-order valence-corrected chi connectivity index (χ0v) is 46.0. The highest BCUT2D eigenvalue weighted by Gasteiger charge is 2.36. The van der Waals surface area contributed by atoms with Gasteiger partial charge in [-0.15, -0.1) is 0 Å². The second-order valence-corrected chi connectivity index (χ2v) is 21.4. The molecule has 0 saturated heterocycles. The van der Waals surface area contributed by atoms with Gasteiger partial charge in [0.05, 0.1) is 50.6 Å². The minimum absolute atomic E-state index is 0.0345. The van der Waals surface area contributed by atoms with E-state index in [1.165, 1.54) is 6.07 Å². The molecule has 15 aromatic rings. The summed E-state index contributed by atoms with van der Waals surface area (Å²) in [5, 5.41) is 14.5. The molecule has 9 heteroatoms. The molecule has 0 atom stereocenters. The molecule has 0 fully saturated rings. The monoisotopic (exact) mass is 1110 g/mol. The van der Waals surface area contributed by atoms with E-state index in [0.717, 1.165) is 94.4 Å². The first kappa shape index (κ1) is 51.4. The van der Waals surface area contributed by atoms with Crippen molar-refractivity contribution in [2.75, 3.05) is 0 Å². The molecule has 0 N–H and O–H groups in total. The van der Waals surface area contributed by atoms with Crippen LogP contribution < -0.4 is 0 Å². The molecule has 86 heavy (non-hydrogen) atoms. The molecule has 0 saturated carbocycles. The summed E-state index contributed by atoms with van der Waals surface area (Å²) in [7, 11) is 0. The highest BCUT2D eigenvalue weighted by molar-refractivity contribution is 6.13. The molecule has 12 aromatic carbocycles. The lowest BCUT2D eigenvalue weighted by atomic mass is 9.96. The Morgan fingerprint density at radius 1 is 0.291 bits per heavy atom. The largest absolute Gasteiger partial charge is 0.418 e. The average molecular weight is 1110 g/mol. The number of halogens is 3. The fourth-order valence-electron chi connectivity index (χ4n) is 12.2. The summed E-state index contributed by atoms with van der Waals surface area (Å²) in [4.78, 5) is 15.1. The van der Waals surface area contributed by atoms with E-state index in [1.807, 2.05) is 188 Å². The quantitative estimate of drug-likeness (QED) is 0.137. The van der Waals surface area contributed by atoms with Gasteiger partial charge in [0.1, 0.15) is 0 Å². The van der Waals surface area contributed by atoms with E-state index in [1.54, 1.807) is 16.7 Å². The van der Waals surface area contributed by atoms with Crippen molar-refractivity contribution < 1.29 is 13.2 Å². The van der Waals surface area contributed by atoms with Crippen molar-refractivity contribution in [3.63, 3.8) is 0 Å². The predicted octanol–water partition coefficient (Wildman–Crippen LogP) is 20.3. The third-order valence-corrected chi connectivity index (χ3v) is 16.3. The highest BCUT2D eigenvalue weighted by atomic mass is 19.4. The number of nitriles is 1. The number of nitrogens with zero attached hydrogens (tertiary/aromatic N) is 6. The molecular formula is C77H47F3N6. The van der Waals surface area contributed by atoms with Crippen LogP contribution in [0.15, 0.2) is 285 Å². The summed E-state index contributed by atoms with van der Waals surface area (Å²) >= 11 is 0. The fourth-order valence-corrected chi connectivity index (χ4v) is 12.2. The second-order valence-electron chi connectivity index (χ2n) is 21.4. The molecule has 0 unspecified atom stereocenters. The number of hydrogen-bond acceptors (Lipinski definition) is 4. The van der Waals surface area contributed by atoms with Gasteiger partial charge >= 0.3 is 6.18 Å². The Hall–Kier alpha value is -11.5. The molecule has 0 spiro atoms. The van der Waals surface area contributed by atoms with E-state index in [2.05, 4.69) is 83.4 Å². The minimum Gasteiger partial charge on any atom is -0.309 e. The number of aromatic nitrogens is 5. The van der Waals surface area contributed by atoms with Gasteiger partial charge in [-0.25, -0.2) is 15.0 Å². The first-order chi connectivity index (χ1) is 42.2. The van der Waals surface area contributed by atoms with Crippen LogP contribution in [0.1, 0.15) is 11.1 Å². The molecule has 0 aliphatic rings. The van der Waals surface area contributed by atoms with Crippen LogP contribution >= 0.6 is 0 Å². The summed E-state index contributed by atoms with van der Waals surface area (Å²) in [6.45, 7) is 0. The first-order valence-electron chi connectivity index (χ1n) is 28.3. The van der Waals surface area contributed by atoms with Crippen LogP contribution in [0.5, 0.6) is 0 Å². The fraction of sp³-hybridized carbons (Fsp3) is 0.0130. The van der Waals surface area contributed by atoms with E-state index in [4.69, 9.17) is 15.0 Å². The summed E-state index contributed by atoms with van der Waals surface area (Å²) in [5.41, 5.74) is 14.6. The zero-order valence-electron chi connectivity index (χ0n) is 46.0. The lowest BCUT2D eigenvalue weighted by Gasteiger charge is -2.18.